The number of aryl methyl sites for hydroxylation is 1. The molecule has 3 rings (SSSR count). The van der Waals surface area contributed by atoms with Gasteiger partial charge in [0.05, 0.1) is 13.2 Å². The number of nitrogens with zero attached hydrogens (tertiary/aromatic N) is 2. The van der Waals surface area contributed by atoms with Gasteiger partial charge in [-0.15, -0.1) is 0 Å². The van der Waals surface area contributed by atoms with E-state index < -0.39 is 0 Å². The Bertz CT molecular complexity index is 605. The number of anilines is 1. The number of morpholine rings is 1. The fourth-order valence-corrected chi connectivity index (χ4v) is 4.04. The molecule has 5 nitrogen and oxygen atoms in total. The van der Waals surface area contributed by atoms with Crippen LogP contribution in [-0.2, 0) is 4.74 Å². The summed E-state index contributed by atoms with van der Waals surface area (Å²) in [6.07, 6.45) is 2.48. The molecule has 2 aliphatic rings. The largest absolute Gasteiger partial charge is 0.379 e. The molecular weight excluding hydrogens is 326 g/mol. The zero-order valence-electron chi connectivity index (χ0n) is 16.5. The molecule has 2 aliphatic heterocycles. The Morgan fingerprint density at radius 3 is 2.50 bits per heavy atom. The van der Waals surface area contributed by atoms with Gasteiger partial charge in [0.25, 0.3) is 5.91 Å². The number of amides is 1. The van der Waals surface area contributed by atoms with Gasteiger partial charge in [-0.1, -0.05) is 19.9 Å². The lowest BCUT2D eigenvalue weighted by molar-refractivity contribution is 0.00673. The highest BCUT2D eigenvalue weighted by atomic mass is 16.5. The second-order valence-corrected chi connectivity index (χ2v) is 7.87. The topological polar surface area (TPSA) is 44.8 Å². The Morgan fingerprint density at radius 2 is 1.85 bits per heavy atom. The number of hydrogen-bond acceptors (Lipinski definition) is 4. The van der Waals surface area contributed by atoms with Crippen molar-refractivity contribution < 1.29 is 9.53 Å². The van der Waals surface area contributed by atoms with Crippen LogP contribution in [0.5, 0.6) is 0 Å². The molecule has 1 atom stereocenters. The Hall–Kier alpha value is -1.59. The highest BCUT2D eigenvalue weighted by Gasteiger charge is 2.24. The van der Waals surface area contributed by atoms with Crippen LogP contribution in [0, 0.1) is 12.8 Å². The molecule has 0 bridgehead atoms. The molecular formula is C21H33N3O2. The van der Waals surface area contributed by atoms with Crippen molar-refractivity contribution in [2.75, 3.05) is 50.8 Å². The Balaban J connectivity index is 1.64. The normalized spacial score (nSPS) is 19.8. The average Bonchev–Trinajstić information content (AvgIpc) is 3.17. The summed E-state index contributed by atoms with van der Waals surface area (Å²) in [6, 6.07) is 6.44. The van der Waals surface area contributed by atoms with Crippen molar-refractivity contribution in [2.45, 2.75) is 39.7 Å². The average molecular weight is 360 g/mol. The van der Waals surface area contributed by atoms with E-state index in [-0.39, 0.29) is 5.91 Å². The lowest BCUT2D eigenvalue weighted by Gasteiger charge is -2.37. The van der Waals surface area contributed by atoms with E-state index in [0.29, 0.717) is 18.5 Å². The molecule has 0 radical (unpaired) electrons. The minimum absolute atomic E-state index is 0.0318. The number of ether oxygens (including phenoxy) is 1. The van der Waals surface area contributed by atoms with Gasteiger partial charge in [-0.2, -0.15) is 0 Å². The molecule has 0 aromatic heterocycles. The van der Waals surface area contributed by atoms with Crippen molar-refractivity contribution in [3.05, 3.63) is 29.3 Å². The highest BCUT2D eigenvalue weighted by Crippen LogP contribution is 2.25. The summed E-state index contributed by atoms with van der Waals surface area (Å²) >= 11 is 0. The first-order valence-electron chi connectivity index (χ1n) is 10.0. The molecule has 5 heteroatoms. The van der Waals surface area contributed by atoms with Gasteiger partial charge in [0.2, 0.25) is 0 Å². The summed E-state index contributed by atoms with van der Waals surface area (Å²) in [5, 5.41) is 3.18. The summed E-state index contributed by atoms with van der Waals surface area (Å²) in [5.41, 5.74) is 3.22. The second kappa shape index (κ2) is 8.87. The molecule has 26 heavy (non-hydrogen) atoms. The molecule has 2 saturated heterocycles. The molecule has 1 amide bonds. The van der Waals surface area contributed by atoms with Gasteiger partial charge in [-0.05, 0) is 43.4 Å². The summed E-state index contributed by atoms with van der Waals surface area (Å²) in [6.45, 7) is 12.9. The van der Waals surface area contributed by atoms with Gasteiger partial charge >= 0.3 is 0 Å². The fourth-order valence-electron chi connectivity index (χ4n) is 4.04. The summed E-state index contributed by atoms with van der Waals surface area (Å²) < 4.78 is 5.46. The smallest absolute Gasteiger partial charge is 0.251 e. The van der Waals surface area contributed by atoms with Crippen LogP contribution in [0.1, 0.15) is 42.6 Å². The van der Waals surface area contributed by atoms with Crippen molar-refractivity contribution >= 4 is 11.6 Å². The van der Waals surface area contributed by atoms with E-state index >= 15 is 0 Å². The third-order valence-corrected chi connectivity index (χ3v) is 5.67. The van der Waals surface area contributed by atoms with Gasteiger partial charge in [0, 0.05) is 50.0 Å². The van der Waals surface area contributed by atoms with Crippen LogP contribution in [-0.4, -0.2) is 62.8 Å². The lowest BCUT2D eigenvalue weighted by atomic mass is 10.0. The third kappa shape index (κ3) is 4.57. The van der Waals surface area contributed by atoms with E-state index in [0.717, 1.165) is 45.0 Å². The number of rotatable bonds is 6. The zero-order chi connectivity index (χ0) is 18.5. The Kier molecular flexibility index (Phi) is 6.54. The quantitative estimate of drug-likeness (QED) is 0.848. The zero-order valence-corrected chi connectivity index (χ0v) is 16.5. The number of hydrogen-bond donors (Lipinski definition) is 1. The van der Waals surface area contributed by atoms with Gasteiger partial charge in [-0.3, -0.25) is 9.69 Å². The standard InChI is InChI=1S/C21H33N3O2/c1-16(2)20(24-10-12-26-13-11-24)15-22-21(25)18-7-6-17(3)19(14-18)23-8-4-5-9-23/h6-7,14,16,20H,4-5,8-13,15H2,1-3H3,(H,22,25)/t20-/m1/s1. The summed E-state index contributed by atoms with van der Waals surface area (Å²) in [4.78, 5) is 17.6. The van der Waals surface area contributed by atoms with Crippen LogP contribution in [0.2, 0.25) is 0 Å². The van der Waals surface area contributed by atoms with E-state index in [2.05, 4.69) is 48.0 Å². The van der Waals surface area contributed by atoms with Crippen LogP contribution in [0.25, 0.3) is 0 Å². The molecule has 2 heterocycles. The van der Waals surface area contributed by atoms with Crippen LogP contribution < -0.4 is 10.2 Å². The second-order valence-electron chi connectivity index (χ2n) is 7.87. The van der Waals surface area contributed by atoms with Crippen molar-refractivity contribution in [3.8, 4) is 0 Å². The first-order valence-corrected chi connectivity index (χ1v) is 10.0. The van der Waals surface area contributed by atoms with Gasteiger partial charge in [0.15, 0.2) is 0 Å². The first kappa shape index (κ1) is 19.2. The van der Waals surface area contributed by atoms with E-state index in [4.69, 9.17) is 4.74 Å². The van der Waals surface area contributed by atoms with Crippen molar-refractivity contribution in [1.82, 2.24) is 10.2 Å². The highest BCUT2D eigenvalue weighted by molar-refractivity contribution is 5.95. The number of carbonyl (C=O) groups is 1. The summed E-state index contributed by atoms with van der Waals surface area (Å²) in [5.74, 6) is 0.524. The molecule has 0 spiro atoms. The van der Waals surface area contributed by atoms with Gasteiger partial charge in [0.1, 0.15) is 0 Å². The predicted molar refractivity (Wildman–Crippen MR) is 106 cm³/mol. The Morgan fingerprint density at radius 1 is 1.15 bits per heavy atom. The van der Waals surface area contributed by atoms with Crippen LogP contribution in [0.15, 0.2) is 18.2 Å². The molecule has 144 valence electrons. The minimum atomic E-state index is 0.0318. The number of carbonyl (C=O) groups excluding carboxylic acids is 1. The molecule has 1 aromatic rings. The number of nitrogens with one attached hydrogen (secondary N) is 1. The molecule has 0 aliphatic carbocycles. The van der Waals surface area contributed by atoms with E-state index in [1.807, 2.05) is 6.07 Å². The molecule has 1 aromatic carbocycles. The maximum atomic E-state index is 12.8. The van der Waals surface area contributed by atoms with Gasteiger partial charge in [-0.25, -0.2) is 0 Å². The number of benzene rings is 1. The van der Waals surface area contributed by atoms with Crippen LogP contribution >= 0.6 is 0 Å². The van der Waals surface area contributed by atoms with E-state index in [1.54, 1.807) is 0 Å². The molecule has 0 unspecified atom stereocenters. The lowest BCUT2D eigenvalue weighted by Crippen LogP contribution is -2.51. The maximum absolute atomic E-state index is 12.8. The molecule has 0 saturated carbocycles. The fraction of sp³-hybridized carbons (Fsp3) is 0.667. The first-order chi connectivity index (χ1) is 12.6. The molecule has 1 N–H and O–H groups in total. The van der Waals surface area contributed by atoms with Crippen molar-refractivity contribution in [3.63, 3.8) is 0 Å². The van der Waals surface area contributed by atoms with E-state index in [9.17, 15) is 4.79 Å². The predicted octanol–water partition coefficient (Wildman–Crippen LogP) is 2.68. The van der Waals surface area contributed by atoms with E-state index in [1.165, 1.54) is 24.1 Å². The molecule has 2 fully saturated rings. The SMILES string of the molecule is Cc1ccc(C(=O)NC[C@H](C(C)C)N2CCOCC2)cc1N1CCCC1. The van der Waals surface area contributed by atoms with Crippen molar-refractivity contribution in [2.24, 2.45) is 5.92 Å². The van der Waals surface area contributed by atoms with Gasteiger partial charge < -0.3 is 15.0 Å². The monoisotopic (exact) mass is 359 g/mol. The van der Waals surface area contributed by atoms with Crippen LogP contribution in [0.3, 0.4) is 0 Å². The maximum Gasteiger partial charge on any atom is 0.251 e. The Labute approximate surface area is 157 Å². The van der Waals surface area contributed by atoms with Crippen LogP contribution in [0.4, 0.5) is 5.69 Å². The third-order valence-electron chi connectivity index (χ3n) is 5.67. The summed E-state index contributed by atoms with van der Waals surface area (Å²) in [7, 11) is 0. The minimum Gasteiger partial charge on any atom is -0.379 e. The van der Waals surface area contributed by atoms with Crippen molar-refractivity contribution in [1.29, 1.82) is 0 Å².